The third-order valence-corrected chi connectivity index (χ3v) is 5.70. The van der Waals surface area contributed by atoms with Crippen molar-refractivity contribution in [2.24, 2.45) is 0 Å². The maximum Gasteiger partial charge on any atom is 0.110 e. The first-order valence-electron chi connectivity index (χ1n) is 10.8. The molecule has 0 spiro atoms. The number of para-hydroxylation sites is 2. The standard InChI is InChI=1S/C25H31N3/c1-2-9-19-27(18-8-1)20-11-17-25-26-23-15-6-7-16-24(23)28(25)21-10-14-22-12-4-3-5-13-22/h3-7,10,12-16H,1-2,8-9,11,17-21H2/b14-10+. The molecule has 2 heterocycles. The van der Waals surface area contributed by atoms with Crippen molar-refractivity contribution in [1.82, 2.24) is 14.5 Å². The maximum absolute atomic E-state index is 4.95. The highest BCUT2D eigenvalue weighted by Crippen LogP contribution is 2.18. The van der Waals surface area contributed by atoms with Crippen LogP contribution in [0.2, 0.25) is 0 Å². The van der Waals surface area contributed by atoms with Gasteiger partial charge >= 0.3 is 0 Å². The number of aromatic nitrogens is 2. The van der Waals surface area contributed by atoms with E-state index >= 15 is 0 Å². The molecule has 146 valence electrons. The number of allylic oxidation sites excluding steroid dienone is 1. The Morgan fingerprint density at radius 3 is 2.43 bits per heavy atom. The van der Waals surface area contributed by atoms with Crippen LogP contribution >= 0.6 is 0 Å². The van der Waals surface area contributed by atoms with Gasteiger partial charge in [-0.15, -0.1) is 0 Å². The molecule has 1 aliphatic rings. The molecule has 0 bridgehead atoms. The molecule has 0 radical (unpaired) electrons. The molecule has 1 saturated heterocycles. The van der Waals surface area contributed by atoms with E-state index in [9.17, 15) is 0 Å². The lowest BCUT2D eigenvalue weighted by Gasteiger charge is -2.19. The Kier molecular flexibility index (Phi) is 6.56. The summed E-state index contributed by atoms with van der Waals surface area (Å²) in [5, 5.41) is 0. The Labute approximate surface area is 168 Å². The van der Waals surface area contributed by atoms with Crippen molar-refractivity contribution < 1.29 is 0 Å². The molecule has 0 amide bonds. The number of hydrogen-bond donors (Lipinski definition) is 0. The smallest absolute Gasteiger partial charge is 0.110 e. The summed E-state index contributed by atoms with van der Waals surface area (Å²) in [6.07, 6.45) is 12.2. The molecule has 3 aromatic rings. The molecule has 1 fully saturated rings. The Balaban J connectivity index is 1.44. The number of aryl methyl sites for hydroxylation is 1. The molecule has 1 aromatic heterocycles. The van der Waals surface area contributed by atoms with Crippen LogP contribution in [0.25, 0.3) is 17.1 Å². The summed E-state index contributed by atoms with van der Waals surface area (Å²) in [4.78, 5) is 7.60. The molecule has 1 aliphatic heterocycles. The normalized spacial score (nSPS) is 16.0. The van der Waals surface area contributed by atoms with Crippen LogP contribution in [0.4, 0.5) is 0 Å². The molecule has 3 nitrogen and oxygen atoms in total. The third-order valence-electron chi connectivity index (χ3n) is 5.70. The lowest BCUT2D eigenvalue weighted by atomic mass is 10.2. The molecule has 0 aliphatic carbocycles. The van der Waals surface area contributed by atoms with E-state index in [0.717, 1.165) is 18.5 Å². The van der Waals surface area contributed by atoms with Gasteiger partial charge in [0.2, 0.25) is 0 Å². The zero-order valence-electron chi connectivity index (χ0n) is 16.8. The van der Waals surface area contributed by atoms with Gasteiger partial charge in [0, 0.05) is 13.0 Å². The highest BCUT2D eigenvalue weighted by Gasteiger charge is 2.12. The minimum atomic E-state index is 0.869. The van der Waals surface area contributed by atoms with Gasteiger partial charge in [-0.1, -0.05) is 67.5 Å². The van der Waals surface area contributed by atoms with Crippen molar-refractivity contribution >= 4 is 17.1 Å². The predicted molar refractivity (Wildman–Crippen MR) is 118 cm³/mol. The zero-order chi connectivity index (χ0) is 19.0. The third kappa shape index (κ3) is 4.90. The number of imidazole rings is 1. The van der Waals surface area contributed by atoms with Crippen LogP contribution in [0.3, 0.4) is 0 Å². The van der Waals surface area contributed by atoms with Crippen molar-refractivity contribution in [3.05, 3.63) is 72.1 Å². The number of likely N-dealkylation sites (tertiary alicyclic amines) is 1. The average Bonchev–Trinajstić information content (AvgIpc) is 2.89. The molecule has 0 atom stereocenters. The zero-order valence-corrected chi connectivity index (χ0v) is 16.8. The van der Waals surface area contributed by atoms with Crippen LogP contribution in [-0.4, -0.2) is 34.1 Å². The fraction of sp³-hybridized carbons (Fsp3) is 0.400. The summed E-state index contributed by atoms with van der Waals surface area (Å²) < 4.78 is 2.39. The lowest BCUT2D eigenvalue weighted by molar-refractivity contribution is 0.280. The first-order valence-corrected chi connectivity index (χ1v) is 10.8. The maximum atomic E-state index is 4.95. The van der Waals surface area contributed by atoms with Crippen molar-refractivity contribution in [1.29, 1.82) is 0 Å². The second-order valence-electron chi connectivity index (χ2n) is 7.80. The van der Waals surface area contributed by atoms with Crippen LogP contribution in [0.1, 0.15) is 43.5 Å². The van der Waals surface area contributed by atoms with Crippen molar-refractivity contribution in [2.45, 2.75) is 45.1 Å². The first-order chi connectivity index (χ1) is 13.9. The Hall–Kier alpha value is -2.39. The highest BCUT2D eigenvalue weighted by atomic mass is 15.1. The first kappa shape index (κ1) is 18.9. The summed E-state index contributed by atoms with van der Waals surface area (Å²) >= 11 is 0. The largest absolute Gasteiger partial charge is 0.324 e. The second kappa shape index (κ2) is 9.70. The van der Waals surface area contributed by atoms with Gasteiger partial charge in [-0.05, 0) is 56.6 Å². The van der Waals surface area contributed by atoms with Crippen molar-refractivity contribution in [3.63, 3.8) is 0 Å². The molecular formula is C25H31N3. The van der Waals surface area contributed by atoms with E-state index < -0.39 is 0 Å². The number of nitrogens with zero attached hydrogens (tertiary/aromatic N) is 3. The SMILES string of the molecule is C(=C\c1ccccc1)/Cn1c(CCCN2CCCCCC2)nc2ccccc21. The number of rotatable bonds is 7. The fourth-order valence-corrected chi connectivity index (χ4v) is 4.20. The van der Waals surface area contributed by atoms with Crippen LogP contribution in [0.5, 0.6) is 0 Å². The lowest BCUT2D eigenvalue weighted by Crippen LogP contribution is -2.26. The van der Waals surface area contributed by atoms with Crippen LogP contribution in [0, 0.1) is 0 Å². The van der Waals surface area contributed by atoms with Gasteiger partial charge in [0.15, 0.2) is 0 Å². The quantitative estimate of drug-likeness (QED) is 0.541. The molecule has 2 aromatic carbocycles. The molecule has 0 unspecified atom stereocenters. The van der Waals surface area contributed by atoms with E-state index in [-0.39, 0.29) is 0 Å². The van der Waals surface area contributed by atoms with Gasteiger partial charge in [-0.3, -0.25) is 0 Å². The van der Waals surface area contributed by atoms with Gasteiger partial charge in [0.05, 0.1) is 11.0 Å². The topological polar surface area (TPSA) is 21.1 Å². The Bertz CT molecular complexity index is 887. The minimum absolute atomic E-state index is 0.869. The summed E-state index contributed by atoms with van der Waals surface area (Å²) in [5.74, 6) is 1.22. The van der Waals surface area contributed by atoms with E-state index in [0.29, 0.717) is 0 Å². The van der Waals surface area contributed by atoms with Crippen LogP contribution < -0.4 is 0 Å². The van der Waals surface area contributed by atoms with E-state index in [1.54, 1.807) is 0 Å². The summed E-state index contributed by atoms with van der Waals surface area (Å²) in [5.41, 5.74) is 3.60. The average molecular weight is 374 g/mol. The van der Waals surface area contributed by atoms with Gasteiger partial charge < -0.3 is 9.47 Å². The molecule has 3 heteroatoms. The molecule has 0 N–H and O–H groups in total. The van der Waals surface area contributed by atoms with E-state index in [1.807, 2.05) is 0 Å². The van der Waals surface area contributed by atoms with E-state index in [4.69, 9.17) is 4.98 Å². The van der Waals surface area contributed by atoms with Gasteiger partial charge in [0.25, 0.3) is 0 Å². The van der Waals surface area contributed by atoms with Crippen LogP contribution in [0.15, 0.2) is 60.7 Å². The summed E-state index contributed by atoms with van der Waals surface area (Å²) in [6.45, 7) is 4.62. The van der Waals surface area contributed by atoms with Gasteiger partial charge in [0.1, 0.15) is 5.82 Å². The monoisotopic (exact) mass is 373 g/mol. The van der Waals surface area contributed by atoms with Crippen molar-refractivity contribution in [3.8, 4) is 0 Å². The molecule has 4 rings (SSSR count). The molecule has 0 saturated carbocycles. The van der Waals surface area contributed by atoms with Gasteiger partial charge in [-0.2, -0.15) is 0 Å². The number of fused-ring (bicyclic) bond motifs is 1. The predicted octanol–water partition coefficient (Wildman–Crippen LogP) is 5.56. The van der Waals surface area contributed by atoms with Gasteiger partial charge in [-0.25, -0.2) is 4.98 Å². The molecule has 28 heavy (non-hydrogen) atoms. The highest BCUT2D eigenvalue weighted by molar-refractivity contribution is 5.76. The fourth-order valence-electron chi connectivity index (χ4n) is 4.20. The van der Waals surface area contributed by atoms with Crippen molar-refractivity contribution in [2.75, 3.05) is 19.6 Å². The van der Waals surface area contributed by atoms with Crippen LogP contribution in [-0.2, 0) is 13.0 Å². The Morgan fingerprint density at radius 1 is 0.857 bits per heavy atom. The minimum Gasteiger partial charge on any atom is -0.324 e. The number of benzene rings is 2. The van der Waals surface area contributed by atoms with E-state index in [2.05, 4.69) is 76.2 Å². The molecular weight excluding hydrogens is 342 g/mol. The second-order valence-corrected chi connectivity index (χ2v) is 7.80. The Morgan fingerprint density at radius 2 is 1.61 bits per heavy atom. The summed E-state index contributed by atoms with van der Waals surface area (Å²) in [7, 11) is 0. The summed E-state index contributed by atoms with van der Waals surface area (Å²) in [6, 6.07) is 19.0. The number of hydrogen-bond acceptors (Lipinski definition) is 2. The van der Waals surface area contributed by atoms with E-state index in [1.165, 1.54) is 68.6 Å².